The number of benzene rings is 1. The number of amides is 1. The van der Waals surface area contributed by atoms with Crippen LogP contribution in [0.3, 0.4) is 0 Å². The Morgan fingerprint density at radius 2 is 2.13 bits per heavy atom. The summed E-state index contributed by atoms with van der Waals surface area (Å²) in [6, 6.07) is 7.45. The van der Waals surface area contributed by atoms with Crippen molar-refractivity contribution < 1.29 is 32.4 Å². The summed E-state index contributed by atoms with van der Waals surface area (Å²) in [5.41, 5.74) is 0.231. The van der Waals surface area contributed by atoms with Crippen LogP contribution in [-0.2, 0) is 20.7 Å². The molecule has 0 bridgehead atoms. The van der Waals surface area contributed by atoms with E-state index < -0.39 is 25.1 Å². The number of esters is 1. The predicted octanol–water partition coefficient (Wildman–Crippen LogP) is 4.17. The van der Waals surface area contributed by atoms with Gasteiger partial charge in [-0.2, -0.15) is 13.8 Å². The second-order valence-corrected chi connectivity index (χ2v) is 7.08. The summed E-state index contributed by atoms with van der Waals surface area (Å²) in [6.07, 6.45) is 0.116. The van der Waals surface area contributed by atoms with Crippen LogP contribution in [0.25, 0.3) is 10.7 Å². The van der Waals surface area contributed by atoms with Crippen LogP contribution < -0.4 is 10.1 Å². The second-order valence-electron chi connectivity index (χ2n) is 5.72. The molecule has 2 heterocycles. The number of carbonyl (C=O) groups excluding carboxylic acids is 2. The molecule has 1 amide bonds. The lowest BCUT2D eigenvalue weighted by Gasteiger charge is -2.10. The lowest BCUT2D eigenvalue weighted by Crippen LogP contribution is -2.21. The SMILES string of the molecule is O=C(COC(=O)CCc1nc(-c2cccs2)no1)Nc1ccc(OC(F)F)c(Cl)c1. The molecule has 0 aliphatic rings. The molecule has 0 unspecified atom stereocenters. The molecule has 3 rings (SSSR count). The van der Waals surface area contributed by atoms with Crippen LogP contribution in [0.1, 0.15) is 12.3 Å². The highest BCUT2D eigenvalue weighted by molar-refractivity contribution is 7.13. The van der Waals surface area contributed by atoms with Gasteiger partial charge in [0, 0.05) is 12.1 Å². The van der Waals surface area contributed by atoms with Gasteiger partial charge in [0.15, 0.2) is 6.61 Å². The molecule has 2 aromatic heterocycles. The van der Waals surface area contributed by atoms with Crippen LogP contribution in [0.4, 0.5) is 14.5 Å². The average Bonchev–Trinajstić information content (AvgIpc) is 3.38. The molecule has 3 aromatic rings. The highest BCUT2D eigenvalue weighted by Gasteiger charge is 2.14. The number of halogens is 3. The van der Waals surface area contributed by atoms with Gasteiger partial charge in [-0.25, -0.2) is 0 Å². The van der Waals surface area contributed by atoms with E-state index >= 15 is 0 Å². The number of rotatable bonds is 9. The van der Waals surface area contributed by atoms with E-state index in [1.54, 1.807) is 0 Å². The van der Waals surface area contributed by atoms with E-state index in [2.05, 4.69) is 20.2 Å². The summed E-state index contributed by atoms with van der Waals surface area (Å²) in [4.78, 5) is 28.7. The van der Waals surface area contributed by atoms with Gasteiger partial charge in [-0.15, -0.1) is 11.3 Å². The number of hydrogen-bond acceptors (Lipinski definition) is 8. The van der Waals surface area contributed by atoms with Crippen molar-refractivity contribution in [2.45, 2.75) is 19.5 Å². The minimum Gasteiger partial charge on any atom is -0.456 e. The molecule has 0 spiro atoms. The summed E-state index contributed by atoms with van der Waals surface area (Å²) < 4.78 is 38.6. The van der Waals surface area contributed by atoms with Gasteiger partial charge in [-0.3, -0.25) is 9.59 Å². The summed E-state index contributed by atoms with van der Waals surface area (Å²) in [7, 11) is 0. The molecule has 158 valence electrons. The molecule has 1 aromatic carbocycles. The van der Waals surface area contributed by atoms with Crippen molar-refractivity contribution in [3.8, 4) is 16.5 Å². The van der Waals surface area contributed by atoms with E-state index in [0.29, 0.717) is 5.82 Å². The molecule has 8 nitrogen and oxygen atoms in total. The zero-order valence-electron chi connectivity index (χ0n) is 15.1. The van der Waals surface area contributed by atoms with E-state index in [-0.39, 0.29) is 35.2 Å². The minimum absolute atomic E-state index is 0.0507. The predicted molar refractivity (Wildman–Crippen MR) is 104 cm³/mol. The van der Waals surface area contributed by atoms with Crippen LogP contribution in [-0.4, -0.2) is 35.2 Å². The van der Waals surface area contributed by atoms with Gasteiger partial charge in [-0.1, -0.05) is 22.8 Å². The van der Waals surface area contributed by atoms with Gasteiger partial charge in [0.25, 0.3) is 5.91 Å². The van der Waals surface area contributed by atoms with Crippen molar-refractivity contribution in [2.75, 3.05) is 11.9 Å². The van der Waals surface area contributed by atoms with Crippen molar-refractivity contribution in [1.29, 1.82) is 0 Å². The molecule has 12 heteroatoms. The first-order valence-electron chi connectivity index (χ1n) is 8.47. The molecule has 0 saturated carbocycles. The zero-order chi connectivity index (χ0) is 21.5. The van der Waals surface area contributed by atoms with Gasteiger partial charge in [0.1, 0.15) is 5.75 Å². The molecule has 30 heavy (non-hydrogen) atoms. The molecular weight excluding hydrogens is 444 g/mol. The van der Waals surface area contributed by atoms with Crippen LogP contribution in [0.5, 0.6) is 5.75 Å². The van der Waals surface area contributed by atoms with Gasteiger partial charge >= 0.3 is 12.6 Å². The lowest BCUT2D eigenvalue weighted by atomic mass is 10.3. The summed E-state index contributed by atoms with van der Waals surface area (Å²) in [5, 5.41) is 8.04. The Morgan fingerprint density at radius 1 is 1.30 bits per heavy atom. The van der Waals surface area contributed by atoms with Crippen molar-refractivity contribution in [3.05, 3.63) is 46.6 Å². The minimum atomic E-state index is -3.02. The zero-order valence-corrected chi connectivity index (χ0v) is 16.7. The quantitative estimate of drug-likeness (QED) is 0.481. The van der Waals surface area contributed by atoms with Crippen LogP contribution in [0, 0.1) is 0 Å². The third-order valence-electron chi connectivity index (χ3n) is 3.55. The first kappa shape index (κ1) is 21.7. The molecule has 0 atom stereocenters. The van der Waals surface area contributed by atoms with E-state index in [1.807, 2.05) is 17.5 Å². The lowest BCUT2D eigenvalue weighted by molar-refractivity contribution is -0.147. The van der Waals surface area contributed by atoms with Gasteiger partial charge in [0.2, 0.25) is 11.7 Å². The third kappa shape index (κ3) is 6.22. The van der Waals surface area contributed by atoms with E-state index in [0.717, 1.165) is 4.88 Å². The van der Waals surface area contributed by atoms with Crippen molar-refractivity contribution in [2.24, 2.45) is 0 Å². The third-order valence-corrected chi connectivity index (χ3v) is 4.71. The largest absolute Gasteiger partial charge is 0.456 e. The number of hydrogen-bond donors (Lipinski definition) is 1. The summed E-state index contributed by atoms with van der Waals surface area (Å²) >= 11 is 7.26. The summed E-state index contributed by atoms with van der Waals surface area (Å²) in [5.74, 6) is -0.754. The fraction of sp³-hybridized carbons (Fsp3) is 0.222. The van der Waals surface area contributed by atoms with Gasteiger partial charge in [-0.05, 0) is 29.6 Å². The first-order chi connectivity index (χ1) is 14.4. The van der Waals surface area contributed by atoms with Crippen molar-refractivity contribution in [1.82, 2.24) is 10.1 Å². The highest BCUT2D eigenvalue weighted by atomic mass is 35.5. The molecule has 0 radical (unpaired) electrons. The number of thiophene rings is 1. The number of aryl methyl sites for hydroxylation is 1. The molecule has 1 N–H and O–H groups in total. The fourth-order valence-corrected chi connectivity index (χ4v) is 3.13. The van der Waals surface area contributed by atoms with Crippen molar-refractivity contribution >= 4 is 40.5 Å². The molecule has 0 aliphatic heterocycles. The number of nitrogens with zero attached hydrogens (tertiary/aromatic N) is 2. The Morgan fingerprint density at radius 3 is 2.83 bits per heavy atom. The summed E-state index contributed by atoms with van der Waals surface area (Å²) in [6.45, 7) is -3.55. The van der Waals surface area contributed by atoms with Gasteiger partial charge in [0.05, 0.1) is 16.3 Å². The number of nitrogens with one attached hydrogen (secondary N) is 1. The smallest absolute Gasteiger partial charge is 0.387 e. The Balaban J connectivity index is 1.41. The highest BCUT2D eigenvalue weighted by Crippen LogP contribution is 2.29. The van der Waals surface area contributed by atoms with Crippen LogP contribution >= 0.6 is 22.9 Å². The maximum atomic E-state index is 12.2. The Bertz CT molecular complexity index is 1010. The Kier molecular flexibility index (Phi) is 7.31. The van der Waals surface area contributed by atoms with Crippen molar-refractivity contribution in [3.63, 3.8) is 0 Å². The van der Waals surface area contributed by atoms with Crippen LogP contribution in [0.2, 0.25) is 5.02 Å². The van der Waals surface area contributed by atoms with E-state index in [4.69, 9.17) is 20.9 Å². The second kappa shape index (κ2) is 10.1. The monoisotopic (exact) mass is 457 g/mol. The molecule has 0 fully saturated rings. The normalized spacial score (nSPS) is 10.8. The van der Waals surface area contributed by atoms with E-state index in [1.165, 1.54) is 29.5 Å². The number of carbonyl (C=O) groups is 2. The topological polar surface area (TPSA) is 104 Å². The Labute approximate surface area is 177 Å². The fourth-order valence-electron chi connectivity index (χ4n) is 2.26. The number of aromatic nitrogens is 2. The molecule has 0 saturated heterocycles. The molecular formula is C18H14ClF2N3O5S. The average molecular weight is 458 g/mol. The number of anilines is 1. The Hall–Kier alpha value is -3.05. The first-order valence-corrected chi connectivity index (χ1v) is 9.73. The maximum Gasteiger partial charge on any atom is 0.387 e. The van der Waals surface area contributed by atoms with Gasteiger partial charge < -0.3 is 19.3 Å². The molecule has 0 aliphatic carbocycles. The van der Waals surface area contributed by atoms with E-state index in [9.17, 15) is 18.4 Å². The standard InChI is InChI=1S/C18H14ClF2N3O5S/c19-11-8-10(3-4-12(11)28-18(20)21)22-14(25)9-27-16(26)6-5-15-23-17(24-29-15)13-2-1-7-30-13/h1-4,7-8,18H,5-6,9H2,(H,22,25). The number of alkyl halides is 2. The maximum absolute atomic E-state index is 12.2. The number of ether oxygens (including phenoxy) is 2. The van der Waals surface area contributed by atoms with Crippen LogP contribution in [0.15, 0.2) is 40.2 Å².